The molecular weight excluding hydrogens is 194 g/mol. The molecule has 1 amide bonds. The third-order valence-corrected chi connectivity index (χ3v) is 2.35. The van der Waals surface area contributed by atoms with Crippen molar-refractivity contribution in [2.24, 2.45) is 22.0 Å². The number of nitrogens with one attached hydrogen (secondary N) is 2. The number of amides is 1. The molecule has 0 aromatic heterocycles. The van der Waals surface area contributed by atoms with Gasteiger partial charge in [-0.25, -0.2) is 5.84 Å². The molecule has 0 saturated heterocycles. The number of hydrogen-bond donors (Lipinski definition) is 4. The Labute approximate surface area is 89.5 Å². The molecule has 0 atom stereocenters. The van der Waals surface area contributed by atoms with Crippen molar-refractivity contribution in [3.05, 3.63) is 0 Å². The molecule has 15 heavy (non-hydrogen) atoms. The molecule has 1 aliphatic rings. The van der Waals surface area contributed by atoms with E-state index < -0.39 is 5.41 Å². The molecule has 0 bridgehead atoms. The van der Waals surface area contributed by atoms with Gasteiger partial charge in [-0.15, -0.1) is 0 Å². The molecule has 1 rings (SSSR count). The molecule has 86 valence electrons. The number of guanidine groups is 1. The fourth-order valence-corrected chi connectivity index (χ4v) is 0.909. The van der Waals surface area contributed by atoms with E-state index in [4.69, 9.17) is 11.6 Å². The third-order valence-electron chi connectivity index (χ3n) is 2.35. The number of carbonyl (C=O) groups is 1. The first-order valence-electron chi connectivity index (χ1n) is 5.03. The van der Waals surface area contributed by atoms with Gasteiger partial charge in [0.2, 0.25) is 11.9 Å². The van der Waals surface area contributed by atoms with Crippen molar-refractivity contribution < 1.29 is 4.79 Å². The second kappa shape index (κ2) is 4.48. The molecule has 0 aromatic rings. The molecule has 1 saturated carbocycles. The quantitative estimate of drug-likeness (QED) is 0.209. The summed E-state index contributed by atoms with van der Waals surface area (Å²) in [6.07, 6.45) is 2.28. The minimum atomic E-state index is -0.646. The van der Waals surface area contributed by atoms with E-state index in [0.717, 1.165) is 12.8 Å². The van der Waals surface area contributed by atoms with Crippen molar-refractivity contribution in [2.45, 2.75) is 32.7 Å². The van der Waals surface area contributed by atoms with Gasteiger partial charge in [-0.05, 0) is 26.7 Å². The fourth-order valence-electron chi connectivity index (χ4n) is 0.909. The highest BCUT2D eigenvalue weighted by molar-refractivity contribution is 5.82. The first-order valence-corrected chi connectivity index (χ1v) is 5.03. The van der Waals surface area contributed by atoms with Crippen LogP contribution in [0.5, 0.6) is 0 Å². The standard InChI is InChI=1S/C9H19N5O/c1-9(2,7(10)15)5-12-8(14-11)13-6-3-4-6/h6H,3-5,11H2,1-2H3,(H2,10,15)(H2,12,13,14). The molecule has 0 aliphatic heterocycles. The van der Waals surface area contributed by atoms with E-state index in [0.29, 0.717) is 18.5 Å². The minimum absolute atomic E-state index is 0.321. The van der Waals surface area contributed by atoms with E-state index in [-0.39, 0.29) is 5.91 Å². The van der Waals surface area contributed by atoms with Crippen LogP contribution in [0.25, 0.3) is 0 Å². The number of rotatable bonds is 4. The highest BCUT2D eigenvalue weighted by Crippen LogP contribution is 2.18. The Kier molecular flexibility index (Phi) is 3.52. The SMILES string of the molecule is CC(C)(CN=C(NN)NC1CC1)C(N)=O. The lowest BCUT2D eigenvalue weighted by Gasteiger charge is -2.18. The van der Waals surface area contributed by atoms with E-state index in [1.54, 1.807) is 13.8 Å². The monoisotopic (exact) mass is 213 g/mol. The second-order valence-electron chi connectivity index (χ2n) is 4.48. The number of aliphatic imine (C=N–C) groups is 1. The van der Waals surface area contributed by atoms with Crippen LogP contribution in [0, 0.1) is 5.41 Å². The van der Waals surface area contributed by atoms with E-state index in [9.17, 15) is 4.79 Å². The van der Waals surface area contributed by atoms with Crippen molar-refractivity contribution in [1.82, 2.24) is 10.7 Å². The first kappa shape index (κ1) is 11.8. The zero-order valence-electron chi connectivity index (χ0n) is 9.21. The lowest BCUT2D eigenvalue weighted by atomic mass is 9.93. The van der Waals surface area contributed by atoms with Gasteiger partial charge in [-0.3, -0.25) is 15.2 Å². The van der Waals surface area contributed by atoms with Crippen LogP contribution in [-0.2, 0) is 4.79 Å². The summed E-state index contributed by atoms with van der Waals surface area (Å²) >= 11 is 0. The van der Waals surface area contributed by atoms with Crippen LogP contribution in [-0.4, -0.2) is 24.5 Å². The maximum Gasteiger partial charge on any atom is 0.224 e. The lowest BCUT2D eigenvalue weighted by molar-refractivity contribution is -0.125. The first-order chi connectivity index (χ1) is 6.95. The maximum atomic E-state index is 11.0. The van der Waals surface area contributed by atoms with Gasteiger partial charge in [0.15, 0.2) is 0 Å². The molecule has 0 spiro atoms. The van der Waals surface area contributed by atoms with Crippen molar-refractivity contribution in [3.63, 3.8) is 0 Å². The summed E-state index contributed by atoms with van der Waals surface area (Å²) in [5.74, 6) is 5.45. The molecule has 6 N–H and O–H groups in total. The molecule has 0 heterocycles. The van der Waals surface area contributed by atoms with Crippen molar-refractivity contribution in [2.75, 3.05) is 6.54 Å². The summed E-state index contributed by atoms with van der Waals surface area (Å²) in [7, 11) is 0. The Morgan fingerprint density at radius 2 is 2.13 bits per heavy atom. The van der Waals surface area contributed by atoms with E-state index in [1.807, 2.05) is 0 Å². The van der Waals surface area contributed by atoms with Crippen molar-refractivity contribution >= 4 is 11.9 Å². The van der Waals surface area contributed by atoms with Gasteiger partial charge in [0.05, 0.1) is 12.0 Å². The number of carbonyl (C=O) groups excluding carboxylic acids is 1. The van der Waals surface area contributed by atoms with Gasteiger partial charge in [0.25, 0.3) is 0 Å². The summed E-state index contributed by atoms with van der Waals surface area (Å²) < 4.78 is 0. The molecule has 0 unspecified atom stereocenters. The van der Waals surface area contributed by atoms with Crippen LogP contribution < -0.4 is 22.3 Å². The zero-order chi connectivity index (χ0) is 11.5. The van der Waals surface area contributed by atoms with Crippen LogP contribution >= 0.6 is 0 Å². The molecule has 0 aromatic carbocycles. The molecule has 6 nitrogen and oxygen atoms in total. The smallest absolute Gasteiger partial charge is 0.224 e. The molecular formula is C9H19N5O. The van der Waals surface area contributed by atoms with Crippen molar-refractivity contribution in [1.29, 1.82) is 0 Å². The average Bonchev–Trinajstić information content (AvgIpc) is 2.95. The maximum absolute atomic E-state index is 11.0. The Hall–Kier alpha value is -1.30. The molecule has 1 aliphatic carbocycles. The van der Waals surface area contributed by atoms with Gasteiger partial charge < -0.3 is 11.1 Å². The van der Waals surface area contributed by atoms with Crippen LogP contribution in [0.3, 0.4) is 0 Å². The van der Waals surface area contributed by atoms with E-state index >= 15 is 0 Å². The summed E-state index contributed by atoms with van der Waals surface area (Å²) in [5, 5.41) is 3.11. The Morgan fingerprint density at radius 1 is 1.53 bits per heavy atom. The van der Waals surface area contributed by atoms with Crippen LogP contribution in [0.15, 0.2) is 4.99 Å². The normalized spacial score (nSPS) is 17.4. The number of hydrazine groups is 1. The third kappa shape index (κ3) is 3.75. The second-order valence-corrected chi connectivity index (χ2v) is 4.48. The van der Waals surface area contributed by atoms with Gasteiger partial charge in [-0.2, -0.15) is 0 Å². The minimum Gasteiger partial charge on any atom is -0.369 e. The van der Waals surface area contributed by atoms with Gasteiger partial charge in [0, 0.05) is 6.04 Å². The lowest BCUT2D eigenvalue weighted by Crippen LogP contribution is -2.44. The predicted molar refractivity (Wildman–Crippen MR) is 58.8 cm³/mol. The summed E-state index contributed by atoms with van der Waals surface area (Å²) in [5.41, 5.74) is 7.06. The number of hydrogen-bond acceptors (Lipinski definition) is 3. The topological polar surface area (TPSA) is 106 Å². The Morgan fingerprint density at radius 3 is 2.53 bits per heavy atom. The summed E-state index contributed by atoms with van der Waals surface area (Å²) in [4.78, 5) is 15.2. The largest absolute Gasteiger partial charge is 0.369 e. The van der Waals surface area contributed by atoms with Crippen LogP contribution in [0.4, 0.5) is 0 Å². The average molecular weight is 213 g/mol. The highest BCUT2D eigenvalue weighted by atomic mass is 16.1. The van der Waals surface area contributed by atoms with Gasteiger partial charge in [-0.1, -0.05) is 0 Å². The number of primary amides is 1. The molecule has 6 heteroatoms. The summed E-state index contributed by atoms with van der Waals surface area (Å²) in [6.45, 7) is 3.83. The summed E-state index contributed by atoms with van der Waals surface area (Å²) in [6, 6.07) is 0.469. The van der Waals surface area contributed by atoms with Crippen molar-refractivity contribution in [3.8, 4) is 0 Å². The number of nitrogens with two attached hydrogens (primary N) is 2. The fraction of sp³-hybridized carbons (Fsp3) is 0.778. The molecule has 1 fully saturated rings. The highest BCUT2D eigenvalue weighted by Gasteiger charge is 2.26. The zero-order valence-corrected chi connectivity index (χ0v) is 9.21. The van der Waals surface area contributed by atoms with Gasteiger partial charge >= 0.3 is 0 Å². The van der Waals surface area contributed by atoms with E-state index in [2.05, 4.69) is 15.7 Å². The van der Waals surface area contributed by atoms with E-state index in [1.165, 1.54) is 0 Å². The predicted octanol–water partition coefficient (Wildman–Crippen LogP) is -0.931. The Bertz CT molecular complexity index is 270. The number of nitrogens with zero attached hydrogens (tertiary/aromatic N) is 1. The molecule has 0 radical (unpaired) electrons. The van der Waals surface area contributed by atoms with Gasteiger partial charge in [0.1, 0.15) is 0 Å². The van der Waals surface area contributed by atoms with Crippen LogP contribution in [0.1, 0.15) is 26.7 Å². The van der Waals surface area contributed by atoms with Crippen LogP contribution in [0.2, 0.25) is 0 Å². The Balaban J connectivity index is 2.48.